The molecule has 5 heteroatoms. The molecule has 1 aliphatic heterocycles. The zero-order valence-corrected chi connectivity index (χ0v) is 14.4. The fourth-order valence-electron chi connectivity index (χ4n) is 4.17. The van der Waals surface area contributed by atoms with Crippen LogP contribution in [0.2, 0.25) is 0 Å². The Balaban J connectivity index is 1.60. The molecule has 1 saturated heterocycles. The van der Waals surface area contributed by atoms with E-state index in [1.54, 1.807) is 31.4 Å². The average molecular weight is 330 g/mol. The highest BCUT2D eigenvalue weighted by molar-refractivity contribution is 5.94. The average Bonchev–Trinajstić information content (AvgIpc) is 2.60. The zero-order chi connectivity index (χ0) is 17.1. The molecule has 0 radical (unpaired) electrons. The molecular weight excluding hydrogens is 304 g/mol. The van der Waals surface area contributed by atoms with E-state index in [9.17, 15) is 9.59 Å². The topological polar surface area (TPSA) is 67.4 Å². The van der Waals surface area contributed by atoms with Gasteiger partial charge in [0.1, 0.15) is 5.75 Å². The standard InChI is InChI=1S/C19H26N2O3/c1-3-12-10-18(22)21-17-11-14(6-9-16(12)17)20-19(23)13-4-7-15(24-2)8-5-13/h4-5,7-8,12,14,16-17H,3,6,9-11H2,1-2H3,(H,20,23)(H,21,22). The second-order valence-electron chi connectivity index (χ2n) is 6.92. The van der Waals surface area contributed by atoms with E-state index in [1.165, 1.54) is 0 Å². The Kier molecular flexibility index (Phi) is 5.07. The minimum absolute atomic E-state index is 0.0599. The minimum Gasteiger partial charge on any atom is -0.497 e. The zero-order valence-electron chi connectivity index (χ0n) is 14.4. The summed E-state index contributed by atoms with van der Waals surface area (Å²) in [5.41, 5.74) is 0.636. The molecule has 0 bridgehead atoms. The third-order valence-electron chi connectivity index (χ3n) is 5.52. The van der Waals surface area contributed by atoms with Crippen molar-refractivity contribution in [2.45, 2.75) is 51.1 Å². The molecule has 2 fully saturated rings. The fraction of sp³-hybridized carbons (Fsp3) is 0.579. The van der Waals surface area contributed by atoms with E-state index < -0.39 is 0 Å². The van der Waals surface area contributed by atoms with Crippen LogP contribution in [-0.4, -0.2) is 31.0 Å². The number of hydrogen-bond acceptors (Lipinski definition) is 3. The number of piperidine rings is 1. The molecule has 3 rings (SSSR count). The lowest BCUT2D eigenvalue weighted by Gasteiger charge is -2.44. The first kappa shape index (κ1) is 16.8. The third kappa shape index (κ3) is 3.55. The number of fused-ring (bicyclic) bond motifs is 1. The lowest BCUT2D eigenvalue weighted by molar-refractivity contribution is -0.127. The van der Waals surface area contributed by atoms with E-state index in [2.05, 4.69) is 17.6 Å². The first-order valence-electron chi connectivity index (χ1n) is 8.85. The highest BCUT2D eigenvalue weighted by Gasteiger charge is 2.40. The monoisotopic (exact) mass is 330 g/mol. The molecule has 2 N–H and O–H groups in total. The Hall–Kier alpha value is -2.04. The molecule has 1 aromatic rings. The van der Waals surface area contributed by atoms with Crippen LogP contribution in [0.15, 0.2) is 24.3 Å². The van der Waals surface area contributed by atoms with Gasteiger partial charge in [-0.3, -0.25) is 9.59 Å². The molecule has 1 aliphatic carbocycles. The largest absolute Gasteiger partial charge is 0.497 e. The molecule has 2 aliphatic rings. The van der Waals surface area contributed by atoms with Crippen molar-refractivity contribution < 1.29 is 14.3 Å². The Morgan fingerprint density at radius 2 is 2.04 bits per heavy atom. The number of hydrogen-bond donors (Lipinski definition) is 2. The Morgan fingerprint density at radius 1 is 1.29 bits per heavy atom. The summed E-state index contributed by atoms with van der Waals surface area (Å²) in [5, 5.41) is 6.26. The summed E-state index contributed by atoms with van der Waals surface area (Å²) in [4.78, 5) is 24.3. The highest BCUT2D eigenvalue weighted by atomic mass is 16.5. The van der Waals surface area contributed by atoms with Crippen LogP contribution in [0.5, 0.6) is 5.75 Å². The van der Waals surface area contributed by atoms with Crippen molar-refractivity contribution >= 4 is 11.8 Å². The maximum Gasteiger partial charge on any atom is 0.251 e. The van der Waals surface area contributed by atoms with E-state index >= 15 is 0 Å². The molecule has 5 nitrogen and oxygen atoms in total. The lowest BCUT2D eigenvalue weighted by atomic mass is 9.70. The molecule has 2 amide bonds. The van der Waals surface area contributed by atoms with Crippen molar-refractivity contribution in [2.24, 2.45) is 11.8 Å². The second-order valence-corrected chi connectivity index (χ2v) is 6.92. The van der Waals surface area contributed by atoms with Crippen molar-refractivity contribution in [1.82, 2.24) is 10.6 Å². The van der Waals surface area contributed by atoms with E-state index in [4.69, 9.17) is 4.74 Å². The van der Waals surface area contributed by atoms with E-state index in [0.717, 1.165) is 31.4 Å². The van der Waals surface area contributed by atoms with E-state index in [1.807, 2.05) is 0 Å². The van der Waals surface area contributed by atoms with Crippen LogP contribution in [0.3, 0.4) is 0 Å². The lowest BCUT2D eigenvalue weighted by Crippen LogP contribution is -2.55. The third-order valence-corrected chi connectivity index (χ3v) is 5.52. The first-order valence-corrected chi connectivity index (χ1v) is 8.85. The van der Waals surface area contributed by atoms with Crippen LogP contribution in [0.4, 0.5) is 0 Å². The summed E-state index contributed by atoms with van der Waals surface area (Å²) in [6.45, 7) is 2.16. The van der Waals surface area contributed by atoms with Crippen molar-refractivity contribution in [3.63, 3.8) is 0 Å². The van der Waals surface area contributed by atoms with Gasteiger partial charge in [0.2, 0.25) is 5.91 Å². The van der Waals surface area contributed by atoms with Crippen LogP contribution in [0.25, 0.3) is 0 Å². The quantitative estimate of drug-likeness (QED) is 0.891. The van der Waals surface area contributed by atoms with Gasteiger partial charge in [0, 0.05) is 24.1 Å². The number of nitrogens with one attached hydrogen (secondary N) is 2. The van der Waals surface area contributed by atoms with Crippen molar-refractivity contribution in [3.8, 4) is 5.75 Å². The predicted octanol–water partition coefficient (Wildman–Crippen LogP) is 2.51. The van der Waals surface area contributed by atoms with Crippen LogP contribution < -0.4 is 15.4 Å². The van der Waals surface area contributed by atoms with Gasteiger partial charge in [-0.1, -0.05) is 13.3 Å². The number of carbonyl (C=O) groups excluding carboxylic acids is 2. The first-order chi connectivity index (χ1) is 11.6. The predicted molar refractivity (Wildman–Crippen MR) is 91.9 cm³/mol. The highest BCUT2D eigenvalue weighted by Crippen LogP contribution is 2.37. The van der Waals surface area contributed by atoms with Gasteiger partial charge in [-0.25, -0.2) is 0 Å². The van der Waals surface area contributed by atoms with Gasteiger partial charge in [0.15, 0.2) is 0 Å². The summed E-state index contributed by atoms with van der Waals surface area (Å²) >= 11 is 0. The normalized spacial score (nSPS) is 29.3. The number of ether oxygens (including phenoxy) is 1. The summed E-state index contributed by atoms with van der Waals surface area (Å²) in [6, 6.07) is 7.45. The molecule has 24 heavy (non-hydrogen) atoms. The Bertz CT molecular complexity index is 599. The van der Waals surface area contributed by atoms with E-state index in [0.29, 0.717) is 23.8 Å². The van der Waals surface area contributed by atoms with Gasteiger partial charge in [0.05, 0.1) is 7.11 Å². The van der Waals surface area contributed by atoms with Crippen molar-refractivity contribution in [1.29, 1.82) is 0 Å². The van der Waals surface area contributed by atoms with Crippen LogP contribution in [-0.2, 0) is 4.79 Å². The molecule has 1 heterocycles. The maximum absolute atomic E-state index is 12.4. The molecule has 130 valence electrons. The summed E-state index contributed by atoms with van der Waals surface area (Å²) in [6.07, 6.45) is 4.58. The second kappa shape index (κ2) is 7.24. The van der Waals surface area contributed by atoms with Gasteiger partial charge in [0.25, 0.3) is 5.91 Å². The molecular formula is C19H26N2O3. The van der Waals surface area contributed by atoms with Crippen LogP contribution in [0, 0.1) is 11.8 Å². The summed E-state index contributed by atoms with van der Waals surface area (Å²) in [5.74, 6) is 1.88. The van der Waals surface area contributed by atoms with Crippen molar-refractivity contribution in [2.75, 3.05) is 7.11 Å². The van der Waals surface area contributed by atoms with Gasteiger partial charge in [-0.05, 0) is 55.4 Å². The molecule has 4 unspecified atom stereocenters. The van der Waals surface area contributed by atoms with Crippen LogP contribution in [0.1, 0.15) is 49.4 Å². The Morgan fingerprint density at radius 3 is 2.71 bits per heavy atom. The van der Waals surface area contributed by atoms with Gasteiger partial charge in [-0.2, -0.15) is 0 Å². The van der Waals surface area contributed by atoms with Crippen LogP contribution >= 0.6 is 0 Å². The smallest absolute Gasteiger partial charge is 0.251 e. The van der Waals surface area contributed by atoms with E-state index in [-0.39, 0.29) is 23.9 Å². The molecule has 1 saturated carbocycles. The number of benzene rings is 1. The number of amides is 2. The molecule has 0 spiro atoms. The summed E-state index contributed by atoms with van der Waals surface area (Å²) in [7, 11) is 1.61. The Labute approximate surface area is 143 Å². The van der Waals surface area contributed by atoms with Crippen molar-refractivity contribution in [3.05, 3.63) is 29.8 Å². The SMILES string of the molecule is CCC1CC(=O)NC2CC(NC(=O)c3ccc(OC)cc3)CCC12. The molecule has 1 aromatic carbocycles. The number of carbonyl (C=O) groups is 2. The van der Waals surface area contributed by atoms with Gasteiger partial charge in [-0.15, -0.1) is 0 Å². The summed E-state index contributed by atoms with van der Waals surface area (Å²) < 4.78 is 5.12. The fourth-order valence-corrected chi connectivity index (χ4v) is 4.17. The van der Waals surface area contributed by atoms with Gasteiger partial charge < -0.3 is 15.4 Å². The van der Waals surface area contributed by atoms with Gasteiger partial charge >= 0.3 is 0 Å². The maximum atomic E-state index is 12.4. The number of rotatable bonds is 4. The molecule has 0 aromatic heterocycles. The minimum atomic E-state index is -0.0599. The number of methoxy groups -OCH3 is 1. The molecule has 4 atom stereocenters.